The Morgan fingerprint density at radius 1 is 1.20 bits per heavy atom. The normalized spacial score (nSPS) is 23.0. The third kappa shape index (κ3) is 3.58. The summed E-state index contributed by atoms with van der Waals surface area (Å²) in [5, 5.41) is 1.66. The van der Waals surface area contributed by atoms with Crippen LogP contribution in [0.2, 0.25) is 0 Å². The van der Waals surface area contributed by atoms with Crippen molar-refractivity contribution in [3.8, 4) is 5.75 Å². The molecule has 30 heavy (non-hydrogen) atoms. The molecule has 2 aromatic carbocycles. The van der Waals surface area contributed by atoms with Crippen molar-refractivity contribution in [1.29, 1.82) is 0 Å². The highest BCUT2D eigenvalue weighted by Crippen LogP contribution is 2.49. The Hall–Kier alpha value is -2.47. The van der Waals surface area contributed by atoms with Crippen molar-refractivity contribution in [2.45, 2.75) is 30.2 Å². The molecular formula is C22H22B2FN3O2. The van der Waals surface area contributed by atoms with Crippen LogP contribution < -0.4 is 15.0 Å². The molecule has 8 heteroatoms. The van der Waals surface area contributed by atoms with Gasteiger partial charge in [-0.15, -0.1) is 0 Å². The third-order valence-corrected chi connectivity index (χ3v) is 6.34. The third-order valence-electron chi connectivity index (χ3n) is 6.34. The predicted octanol–water partition coefficient (Wildman–Crippen LogP) is 2.22. The Bertz CT molecular complexity index is 969. The summed E-state index contributed by atoms with van der Waals surface area (Å²) in [7, 11) is 12.3. The fourth-order valence-electron chi connectivity index (χ4n) is 4.98. The largest absolute Gasteiger partial charge is 0.507 e. The number of fused-ring (bicyclic) bond motifs is 3. The Balaban J connectivity index is 1.25. The molecule has 0 aliphatic carbocycles. The first-order valence-corrected chi connectivity index (χ1v) is 10.3. The molecule has 0 spiro atoms. The van der Waals surface area contributed by atoms with E-state index in [1.807, 2.05) is 12.1 Å². The Kier molecular flexibility index (Phi) is 4.77. The van der Waals surface area contributed by atoms with E-state index in [1.54, 1.807) is 0 Å². The Labute approximate surface area is 178 Å². The average molecular weight is 401 g/mol. The van der Waals surface area contributed by atoms with Gasteiger partial charge in [-0.2, -0.15) is 0 Å². The van der Waals surface area contributed by atoms with Crippen LogP contribution in [0.25, 0.3) is 0 Å². The first-order valence-electron chi connectivity index (χ1n) is 10.3. The van der Waals surface area contributed by atoms with Gasteiger partial charge in [-0.05, 0) is 48.7 Å². The molecule has 4 radical (unpaired) electrons. The van der Waals surface area contributed by atoms with Crippen molar-refractivity contribution < 1.29 is 13.9 Å². The van der Waals surface area contributed by atoms with Crippen molar-refractivity contribution in [2.75, 3.05) is 36.4 Å². The average Bonchev–Trinajstić information content (AvgIpc) is 3.03. The molecule has 5 rings (SSSR count). The number of ether oxygens (including phenoxy) is 1. The molecule has 2 unspecified atom stereocenters. The van der Waals surface area contributed by atoms with Gasteiger partial charge in [0.15, 0.2) is 0 Å². The molecule has 2 aromatic rings. The first kappa shape index (κ1) is 19.5. The van der Waals surface area contributed by atoms with Crippen LogP contribution in [0.5, 0.6) is 5.75 Å². The van der Waals surface area contributed by atoms with Crippen LogP contribution >= 0.6 is 0 Å². The van der Waals surface area contributed by atoms with Crippen molar-refractivity contribution >= 4 is 33.0 Å². The lowest BCUT2D eigenvalue weighted by molar-refractivity contribution is -0.115. The summed E-state index contributed by atoms with van der Waals surface area (Å²) in [5.74, 6) is 0.518. The molecule has 0 aromatic heterocycles. The maximum Gasteiger partial charge on any atom is 0.243 e. The SMILES string of the molecule is [B]C([B])(CCN1CCC2C(C1)c1cccc3c1N2CC(=O)N3)Oc1ccc(F)cc1. The quantitative estimate of drug-likeness (QED) is 0.781. The highest BCUT2D eigenvalue weighted by atomic mass is 19.1. The summed E-state index contributed by atoms with van der Waals surface area (Å²) >= 11 is 0. The number of amides is 1. The van der Waals surface area contributed by atoms with Gasteiger partial charge in [-0.25, -0.2) is 4.39 Å². The summed E-state index contributed by atoms with van der Waals surface area (Å²) in [6.07, 6.45) is 1.42. The van der Waals surface area contributed by atoms with E-state index >= 15 is 0 Å². The molecule has 3 aliphatic heterocycles. The second kappa shape index (κ2) is 7.34. The van der Waals surface area contributed by atoms with E-state index in [4.69, 9.17) is 20.4 Å². The second-order valence-electron chi connectivity index (χ2n) is 8.44. The van der Waals surface area contributed by atoms with Crippen molar-refractivity contribution in [1.82, 2.24) is 4.90 Å². The van der Waals surface area contributed by atoms with E-state index < -0.39 is 5.40 Å². The lowest BCUT2D eigenvalue weighted by Crippen LogP contribution is -2.50. The highest BCUT2D eigenvalue weighted by molar-refractivity contribution is 6.39. The van der Waals surface area contributed by atoms with Crippen LogP contribution in [0.4, 0.5) is 15.8 Å². The second-order valence-corrected chi connectivity index (χ2v) is 8.44. The predicted molar refractivity (Wildman–Crippen MR) is 116 cm³/mol. The number of carbonyl (C=O) groups is 1. The van der Waals surface area contributed by atoms with Crippen molar-refractivity contribution in [3.63, 3.8) is 0 Å². The number of piperidine rings is 1. The summed E-state index contributed by atoms with van der Waals surface area (Å²) in [4.78, 5) is 16.7. The van der Waals surface area contributed by atoms with Crippen LogP contribution in [-0.2, 0) is 4.79 Å². The van der Waals surface area contributed by atoms with Gasteiger partial charge in [0.05, 0.1) is 17.9 Å². The highest BCUT2D eigenvalue weighted by Gasteiger charge is 2.45. The van der Waals surface area contributed by atoms with Gasteiger partial charge in [0.2, 0.25) is 5.91 Å². The minimum atomic E-state index is -1.33. The van der Waals surface area contributed by atoms with Crippen LogP contribution in [0.15, 0.2) is 42.5 Å². The van der Waals surface area contributed by atoms with Gasteiger partial charge in [0, 0.05) is 37.0 Å². The summed E-state index contributed by atoms with van der Waals surface area (Å²) in [5.41, 5.74) is 3.40. The molecule has 5 nitrogen and oxygen atoms in total. The number of nitrogens with one attached hydrogen (secondary N) is 1. The lowest BCUT2D eigenvalue weighted by atomic mass is 9.63. The van der Waals surface area contributed by atoms with Gasteiger partial charge in [-0.1, -0.05) is 12.1 Å². The van der Waals surface area contributed by atoms with Crippen molar-refractivity contribution in [3.05, 3.63) is 53.8 Å². The number of rotatable bonds is 5. The number of benzene rings is 2. The number of halogens is 1. The van der Waals surface area contributed by atoms with Crippen LogP contribution in [0.1, 0.15) is 24.3 Å². The molecule has 0 saturated carbocycles. The van der Waals surface area contributed by atoms with Gasteiger partial charge in [0.25, 0.3) is 0 Å². The number of hydrogen-bond acceptors (Lipinski definition) is 4. The van der Waals surface area contributed by atoms with E-state index in [2.05, 4.69) is 21.2 Å². The number of nitrogens with zero attached hydrogens (tertiary/aromatic N) is 2. The van der Waals surface area contributed by atoms with E-state index in [0.29, 0.717) is 37.2 Å². The molecule has 2 atom stereocenters. The van der Waals surface area contributed by atoms with Gasteiger partial charge >= 0.3 is 0 Å². The summed E-state index contributed by atoms with van der Waals surface area (Å²) < 4.78 is 18.7. The van der Waals surface area contributed by atoms with Gasteiger partial charge in [0.1, 0.15) is 27.3 Å². The standard InChI is InChI=1S/C22H22B2FN3O2/c23-22(24,30-15-6-4-14(25)5-7-15)9-11-27-10-8-19-17(12-27)16-2-1-3-18-21(16)28(19)13-20(29)26-18/h1-7,17,19H,8-13H2,(H,26,29). The maximum atomic E-state index is 13.1. The van der Waals surface area contributed by atoms with Gasteiger partial charge in [-0.3, -0.25) is 4.79 Å². The Morgan fingerprint density at radius 2 is 2.00 bits per heavy atom. The maximum absolute atomic E-state index is 13.1. The number of carbonyl (C=O) groups excluding carboxylic acids is 1. The number of likely N-dealkylation sites (tertiary alicyclic amines) is 1. The smallest absolute Gasteiger partial charge is 0.243 e. The van der Waals surface area contributed by atoms with Crippen LogP contribution in [0.3, 0.4) is 0 Å². The van der Waals surface area contributed by atoms with Crippen molar-refractivity contribution in [2.24, 2.45) is 0 Å². The molecule has 3 heterocycles. The van der Waals surface area contributed by atoms with E-state index in [-0.39, 0.29) is 11.7 Å². The topological polar surface area (TPSA) is 44.8 Å². The minimum Gasteiger partial charge on any atom is -0.507 e. The molecular weight excluding hydrogens is 379 g/mol. The Morgan fingerprint density at radius 3 is 2.80 bits per heavy atom. The molecule has 3 aliphatic rings. The fourth-order valence-corrected chi connectivity index (χ4v) is 4.98. The molecule has 0 bridgehead atoms. The number of hydrogen-bond donors (Lipinski definition) is 1. The number of para-hydroxylation sites is 1. The number of anilines is 2. The molecule has 150 valence electrons. The van der Waals surface area contributed by atoms with E-state index in [9.17, 15) is 9.18 Å². The van der Waals surface area contributed by atoms with Crippen LogP contribution in [-0.4, -0.2) is 64.1 Å². The molecule has 1 saturated heterocycles. The zero-order chi connectivity index (χ0) is 20.9. The molecule has 1 amide bonds. The zero-order valence-corrected chi connectivity index (χ0v) is 16.7. The minimum absolute atomic E-state index is 0.0525. The molecule has 1 fully saturated rings. The first-order chi connectivity index (χ1) is 14.4. The molecule has 1 N–H and O–H groups in total. The zero-order valence-electron chi connectivity index (χ0n) is 16.7. The lowest BCUT2D eigenvalue weighted by Gasteiger charge is -2.40. The summed E-state index contributed by atoms with van der Waals surface area (Å²) in [6.45, 7) is 2.92. The monoisotopic (exact) mass is 401 g/mol. The van der Waals surface area contributed by atoms with E-state index in [0.717, 1.165) is 25.2 Å². The van der Waals surface area contributed by atoms with E-state index in [1.165, 1.54) is 35.5 Å². The van der Waals surface area contributed by atoms with Gasteiger partial charge < -0.3 is 19.9 Å². The summed E-state index contributed by atoms with van der Waals surface area (Å²) in [6, 6.07) is 12.2. The van der Waals surface area contributed by atoms with Crippen LogP contribution in [0, 0.1) is 5.82 Å². The fraction of sp³-hybridized carbons (Fsp3) is 0.409.